The molecule has 3 atom stereocenters. The smallest absolute Gasteiger partial charge is 0.229 e. The van der Waals surface area contributed by atoms with Crippen molar-refractivity contribution < 1.29 is 18.7 Å². The number of aromatic nitrogens is 1. The standard InChI is InChI=1S/C27H34ClFN4O3/c1-3-36-19-11-27(12-19)13-20(27)25(34)31-24-10-17-9-22(21(28)8-18(17)14-30-24)32-4-6-33(7-5-32)26(2)16-35-15-23(26)29/h8-10,14,19-20,23H,3-7,11-13,15-16H2,1-2H3,(H,30,31,34)/t19?,20-,23-,26+,27?/m0/s1. The van der Waals surface area contributed by atoms with E-state index in [1.54, 1.807) is 6.20 Å². The molecule has 0 unspecified atom stereocenters. The highest BCUT2D eigenvalue weighted by Gasteiger charge is 2.64. The molecule has 2 saturated heterocycles. The highest BCUT2D eigenvalue weighted by atomic mass is 35.5. The summed E-state index contributed by atoms with van der Waals surface area (Å²) in [6.45, 7) is 8.32. The SMILES string of the molecule is CCOC1CC2(C1)C[C@H]2C(=O)Nc1cc2cc(N3CCN([C@]4(C)COC[C@@H]4F)CC3)c(Cl)cc2cn1. The van der Waals surface area contributed by atoms with Crippen LogP contribution in [0.1, 0.15) is 33.1 Å². The number of carbonyl (C=O) groups excluding carboxylic acids is 1. The highest BCUT2D eigenvalue weighted by Crippen LogP contribution is 2.66. The van der Waals surface area contributed by atoms with Crippen molar-refractivity contribution in [3.05, 3.63) is 29.4 Å². The Morgan fingerprint density at radius 3 is 2.69 bits per heavy atom. The predicted octanol–water partition coefficient (Wildman–Crippen LogP) is 4.28. The number of halogens is 2. The van der Waals surface area contributed by atoms with Crippen LogP contribution in [0.4, 0.5) is 15.9 Å². The summed E-state index contributed by atoms with van der Waals surface area (Å²) in [6, 6.07) is 5.92. The number of ether oxygens (including phenoxy) is 2. The topological polar surface area (TPSA) is 66.9 Å². The van der Waals surface area contributed by atoms with Gasteiger partial charge in [-0.1, -0.05) is 11.6 Å². The van der Waals surface area contributed by atoms with Gasteiger partial charge in [0.2, 0.25) is 5.91 Å². The number of anilines is 2. The molecule has 6 rings (SSSR count). The first kappa shape index (κ1) is 24.3. The van der Waals surface area contributed by atoms with Gasteiger partial charge in [-0.15, -0.1) is 0 Å². The molecular formula is C27H34ClFN4O3. The van der Waals surface area contributed by atoms with E-state index in [2.05, 4.69) is 26.2 Å². The molecule has 194 valence electrons. The van der Waals surface area contributed by atoms with Crippen LogP contribution >= 0.6 is 11.6 Å². The van der Waals surface area contributed by atoms with Crippen molar-refractivity contribution in [1.29, 1.82) is 0 Å². The highest BCUT2D eigenvalue weighted by molar-refractivity contribution is 6.34. The zero-order chi connectivity index (χ0) is 25.1. The molecule has 4 aliphatic rings. The van der Waals surface area contributed by atoms with Gasteiger partial charge in [-0.3, -0.25) is 9.69 Å². The van der Waals surface area contributed by atoms with Gasteiger partial charge in [-0.05, 0) is 62.1 Å². The van der Waals surface area contributed by atoms with E-state index >= 15 is 0 Å². The molecular weight excluding hydrogens is 483 g/mol. The van der Waals surface area contributed by atoms with E-state index in [9.17, 15) is 9.18 Å². The third kappa shape index (κ3) is 4.16. The summed E-state index contributed by atoms with van der Waals surface area (Å²) in [5.41, 5.74) is 0.546. The minimum absolute atomic E-state index is 0.0534. The van der Waals surface area contributed by atoms with E-state index in [1.807, 2.05) is 26.0 Å². The minimum atomic E-state index is -0.963. The zero-order valence-corrected chi connectivity index (χ0v) is 21.7. The van der Waals surface area contributed by atoms with Gasteiger partial charge in [-0.2, -0.15) is 0 Å². The Hall–Kier alpha value is -2.00. The van der Waals surface area contributed by atoms with Crippen LogP contribution < -0.4 is 10.2 Å². The van der Waals surface area contributed by atoms with E-state index in [1.165, 1.54) is 0 Å². The molecule has 1 aromatic heterocycles. The molecule has 0 bridgehead atoms. The predicted molar refractivity (Wildman–Crippen MR) is 138 cm³/mol. The number of pyridine rings is 1. The maximum Gasteiger partial charge on any atom is 0.229 e. The van der Waals surface area contributed by atoms with Gasteiger partial charge in [-0.25, -0.2) is 9.37 Å². The van der Waals surface area contributed by atoms with Gasteiger partial charge in [0, 0.05) is 50.3 Å². The molecule has 36 heavy (non-hydrogen) atoms. The van der Waals surface area contributed by atoms with Crippen molar-refractivity contribution in [3.8, 4) is 0 Å². The molecule has 4 fully saturated rings. The molecule has 2 aliphatic heterocycles. The number of carbonyl (C=O) groups is 1. The summed E-state index contributed by atoms with van der Waals surface area (Å²) < 4.78 is 25.5. The van der Waals surface area contributed by atoms with Gasteiger partial charge in [0.05, 0.1) is 35.6 Å². The average Bonchev–Trinajstić information content (AvgIpc) is 3.50. The van der Waals surface area contributed by atoms with E-state index in [0.717, 1.165) is 68.5 Å². The molecule has 2 aromatic rings. The van der Waals surface area contributed by atoms with Crippen molar-refractivity contribution in [2.45, 2.75) is 50.9 Å². The molecule has 1 spiro atoms. The number of fused-ring (bicyclic) bond motifs is 1. The fraction of sp³-hybridized carbons (Fsp3) is 0.630. The van der Waals surface area contributed by atoms with Crippen molar-refractivity contribution in [3.63, 3.8) is 0 Å². The number of alkyl halides is 1. The van der Waals surface area contributed by atoms with Crippen LogP contribution in [0.2, 0.25) is 5.02 Å². The number of rotatable bonds is 6. The fourth-order valence-electron chi connectivity index (χ4n) is 6.43. The number of benzene rings is 1. The van der Waals surface area contributed by atoms with Crippen LogP contribution in [0.3, 0.4) is 0 Å². The second kappa shape index (κ2) is 9.08. The van der Waals surface area contributed by atoms with Crippen molar-refractivity contribution in [1.82, 2.24) is 9.88 Å². The number of nitrogens with one attached hydrogen (secondary N) is 1. The summed E-state index contributed by atoms with van der Waals surface area (Å²) in [5.74, 6) is 0.675. The Morgan fingerprint density at radius 2 is 2.00 bits per heavy atom. The molecule has 1 N–H and O–H groups in total. The third-order valence-corrected chi connectivity index (χ3v) is 9.19. The van der Waals surface area contributed by atoms with Crippen LogP contribution in [-0.2, 0) is 14.3 Å². The van der Waals surface area contributed by atoms with Crippen LogP contribution in [-0.4, -0.2) is 79.6 Å². The van der Waals surface area contributed by atoms with E-state index < -0.39 is 11.7 Å². The quantitative estimate of drug-likeness (QED) is 0.618. The lowest BCUT2D eigenvalue weighted by molar-refractivity contribution is -0.120. The van der Waals surface area contributed by atoms with Gasteiger partial charge >= 0.3 is 0 Å². The van der Waals surface area contributed by atoms with Gasteiger partial charge < -0.3 is 19.7 Å². The number of hydrogen-bond donors (Lipinski definition) is 1. The number of piperazine rings is 1. The van der Waals surface area contributed by atoms with Crippen LogP contribution in [0.5, 0.6) is 0 Å². The summed E-state index contributed by atoms with van der Waals surface area (Å²) in [4.78, 5) is 21.8. The zero-order valence-electron chi connectivity index (χ0n) is 20.9. The van der Waals surface area contributed by atoms with Crippen LogP contribution in [0, 0.1) is 11.3 Å². The van der Waals surface area contributed by atoms with Crippen LogP contribution in [0.25, 0.3) is 10.8 Å². The molecule has 2 aliphatic carbocycles. The number of amides is 1. The van der Waals surface area contributed by atoms with Crippen molar-refractivity contribution >= 4 is 39.8 Å². The van der Waals surface area contributed by atoms with Gasteiger partial charge in [0.25, 0.3) is 0 Å². The fourth-order valence-corrected chi connectivity index (χ4v) is 6.73. The summed E-state index contributed by atoms with van der Waals surface area (Å²) in [6.07, 6.45) is 4.02. The lowest BCUT2D eigenvalue weighted by atomic mass is 9.77. The monoisotopic (exact) mass is 516 g/mol. The van der Waals surface area contributed by atoms with E-state index in [0.29, 0.717) is 23.6 Å². The van der Waals surface area contributed by atoms with Crippen LogP contribution in [0.15, 0.2) is 24.4 Å². The summed E-state index contributed by atoms with van der Waals surface area (Å²) in [5, 5.41) is 5.61. The number of nitrogens with zero attached hydrogens (tertiary/aromatic N) is 3. The lowest BCUT2D eigenvalue weighted by Crippen LogP contribution is -2.59. The molecule has 1 amide bonds. The molecule has 1 aromatic carbocycles. The Bertz CT molecular complexity index is 1170. The van der Waals surface area contributed by atoms with E-state index in [-0.39, 0.29) is 23.8 Å². The Labute approximate surface area is 216 Å². The summed E-state index contributed by atoms with van der Waals surface area (Å²) >= 11 is 6.67. The maximum absolute atomic E-state index is 14.5. The molecule has 7 nitrogen and oxygen atoms in total. The lowest BCUT2D eigenvalue weighted by Gasteiger charge is -2.44. The first-order valence-corrected chi connectivity index (χ1v) is 13.4. The maximum atomic E-state index is 14.5. The Balaban J connectivity index is 1.12. The molecule has 9 heteroatoms. The van der Waals surface area contributed by atoms with E-state index in [4.69, 9.17) is 21.1 Å². The second-order valence-electron chi connectivity index (χ2n) is 11.1. The van der Waals surface area contributed by atoms with Gasteiger partial charge in [0.15, 0.2) is 0 Å². The minimum Gasteiger partial charge on any atom is -0.378 e. The summed E-state index contributed by atoms with van der Waals surface area (Å²) in [7, 11) is 0. The Morgan fingerprint density at radius 1 is 1.22 bits per heavy atom. The van der Waals surface area contributed by atoms with Crippen molar-refractivity contribution in [2.75, 3.05) is 56.2 Å². The number of hydrogen-bond acceptors (Lipinski definition) is 6. The van der Waals surface area contributed by atoms with Gasteiger partial charge in [0.1, 0.15) is 12.0 Å². The Kier molecular flexibility index (Phi) is 6.14. The van der Waals surface area contributed by atoms with Crippen molar-refractivity contribution in [2.24, 2.45) is 11.3 Å². The second-order valence-corrected chi connectivity index (χ2v) is 11.5. The third-order valence-electron chi connectivity index (χ3n) is 8.89. The average molecular weight is 517 g/mol. The largest absolute Gasteiger partial charge is 0.378 e. The first-order chi connectivity index (χ1) is 17.3. The molecule has 3 heterocycles. The first-order valence-electron chi connectivity index (χ1n) is 13.0. The molecule has 2 saturated carbocycles. The normalized spacial score (nSPS) is 34.2. The molecule has 0 radical (unpaired) electrons.